The molecule has 2 aromatic rings. The fourth-order valence-electron chi connectivity index (χ4n) is 3.33. The van der Waals surface area contributed by atoms with Gasteiger partial charge in [-0.3, -0.25) is 19.6 Å². The van der Waals surface area contributed by atoms with Gasteiger partial charge in [0.25, 0.3) is 5.91 Å². The molecule has 0 saturated heterocycles. The van der Waals surface area contributed by atoms with E-state index in [9.17, 15) is 22.8 Å². The first-order valence-corrected chi connectivity index (χ1v) is 10.4. The van der Waals surface area contributed by atoms with Crippen LogP contribution in [0.25, 0.3) is 0 Å². The van der Waals surface area contributed by atoms with Crippen LogP contribution in [0.15, 0.2) is 35.3 Å². The molecule has 1 unspecified atom stereocenters. The molecule has 1 aliphatic heterocycles. The molecule has 2 heterocycles. The van der Waals surface area contributed by atoms with Crippen molar-refractivity contribution in [3.63, 3.8) is 0 Å². The molecule has 0 fully saturated rings. The van der Waals surface area contributed by atoms with E-state index in [1.807, 2.05) is 20.8 Å². The minimum absolute atomic E-state index is 0.0980. The number of nitrogens with zero attached hydrogens (tertiary/aromatic N) is 1. The zero-order valence-electron chi connectivity index (χ0n) is 18.2. The van der Waals surface area contributed by atoms with Gasteiger partial charge in [0, 0.05) is 30.4 Å². The number of carbonyl (C=O) groups is 1. The Morgan fingerprint density at radius 1 is 1.29 bits per heavy atom. The number of halogens is 3. The van der Waals surface area contributed by atoms with Crippen LogP contribution in [0.3, 0.4) is 0 Å². The Morgan fingerprint density at radius 3 is 2.65 bits per heavy atom. The quantitative estimate of drug-likeness (QED) is 0.578. The molecule has 1 amide bonds. The fraction of sp³-hybridized carbons (Fsp3) is 0.455. The third kappa shape index (κ3) is 5.66. The second-order valence-electron chi connectivity index (χ2n) is 7.29. The molecular formula is C22H29F3N4O2. The fourth-order valence-corrected chi connectivity index (χ4v) is 3.33. The summed E-state index contributed by atoms with van der Waals surface area (Å²) >= 11 is 0. The van der Waals surface area contributed by atoms with E-state index in [0.717, 1.165) is 12.1 Å². The lowest BCUT2D eigenvalue weighted by atomic mass is 9.97. The molecule has 1 aromatic carbocycles. The first kappa shape index (κ1) is 24.5. The van der Waals surface area contributed by atoms with E-state index in [4.69, 9.17) is 0 Å². The van der Waals surface area contributed by atoms with Crippen LogP contribution in [0.1, 0.15) is 62.2 Å². The molecule has 0 aliphatic carbocycles. The van der Waals surface area contributed by atoms with Crippen LogP contribution in [-0.2, 0) is 12.1 Å². The average molecular weight is 438 g/mol. The molecule has 0 saturated carbocycles. The first-order valence-electron chi connectivity index (χ1n) is 10.4. The SMILES string of the molecule is CC.CCC[C@@H](F)NC1(C)CNn2cc(C(=O)NCc3ccc(F)cc3F)c(=O)cc21. The normalized spacial score (nSPS) is 17.8. The van der Waals surface area contributed by atoms with Crippen LogP contribution in [0.2, 0.25) is 0 Å². The summed E-state index contributed by atoms with van der Waals surface area (Å²) in [7, 11) is 0. The summed E-state index contributed by atoms with van der Waals surface area (Å²) < 4.78 is 42.3. The number of alkyl halides is 1. The Bertz CT molecular complexity index is 980. The monoisotopic (exact) mass is 438 g/mol. The van der Waals surface area contributed by atoms with E-state index >= 15 is 0 Å². The van der Waals surface area contributed by atoms with Gasteiger partial charge in [0.15, 0.2) is 11.7 Å². The van der Waals surface area contributed by atoms with Gasteiger partial charge in [0.1, 0.15) is 17.2 Å². The molecule has 0 bridgehead atoms. The summed E-state index contributed by atoms with van der Waals surface area (Å²) in [6, 6.07) is 4.32. The van der Waals surface area contributed by atoms with Crippen molar-refractivity contribution >= 4 is 5.91 Å². The maximum Gasteiger partial charge on any atom is 0.257 e. The summed E-state index contributed by atoms with van der Waals surface area (Å²) in [6.07, 6.45) is 1.15. The number of aromatic nitrogens is 1. The van der Waals surface area contributed by atoms with Gasteiger partial charge in [0.2, 0.25) is 0 Å². The third-order valence-corrected chi connectivity index (χ3v) is 4.94. The maximum atomic E-state index is 14.1. The largest absolute Gasteiger partial charge is 0.348 e. The molecular weight excluding hydrogens is 409 g/mol. The average Bonchev–Trinajstić information content (AvgIpc) is 3.03. The first-order chi connectivity index (χ1) is 14.7. The van der Waals surface area contributed by atoms with E-state index < -0.39 is 34.8 Å². The maximum absolute atomic E-state index is 14.1. The molecule has 9 heteroatoms. The molecule has 170 valence electrons. The topological polar surface area (TPSA) is 75.2 Å². The molecule has 3 N–H and O–H groups in total. The minimum atomic E-state index is -1.22. The lowest BCUT2D eigenvalue weighted by Crippen LogP contribution is -2.46. The Balaban J connectivity index is 0.00000166. The highest BCUT2D eigenvalue weighted by molar-refractivity contribution is 5.93. The van der Waals surface area contributed by atoms with Crippen molar-refractivity contribution in [1.29, 1.82) is 0 Å². The van der Waals surface area contributed by atoms with Gasteiger partial charge in [0.05, 0.1) is 17.8 Å². The number of amides is 1. The lowest BCUT2D eigenvalue weighted by molar-refractivity contribution is 0.0948. The van der Waals surface area contributed by atoms with Gasteiger partial charge in [-0.1, -0.05) is 33.3 Å². The number of fused-ring (bicyclic) bond motifs is 1. The van der Waals surface area contributed by atoms with Crippen molar-refractivity contribution < 1.29 is 18.0 Å². The van der Waals surface area contributed by atoms with Crippen LogP contribution < -0.4 is 21.5 Å². The van der Waals surface area contributed by atoms with Crippen molar-refractivity contribution in [2.24, 2.45) is 0 Å². The van der Waals surface area contributed by atoms with E-state index in [2.05, 4.69) is 16.1 Å². The second kappa shape index (κ2) is 10.5. The number of nitrogens with one attached hydrogen (secondary N) is 3. The molecule has 1 aliphatic rings. The number of hydrogen-bond donors (Lipinski definition) is 3. The van der Waals surface area contributed by atoms with Gasteiger partial charge >= 0.3 is 0 Å². The van der Waals surface area contributed by atoms with Crippen LogP contribution in [0, 0.1) is 11.6 Å². The molecule has 2 atom stereocenters. The predicted molar refractivity (Wildman–Crippen MR) is 114 cm³/mol. The summed E-state index contributed by atoms with van der Waals surface area (Å²) in [5, 5.41) is 5.34. The highest BCUT2D eigenvalue weighted by Crippen LogP contribution is 2.25. The van der Waals surface area contributed by atoms with E-state index in [-0.39, 0.29) is 17.7 Å². The van der Waals surface area contributed by atoms with E-state index in [1.54, 1.807) is 6.92 Å². The highest BCUT2D eigenvalue weighted by atomic mass is 19.1. The standard InChI is InChI=1S/C20H23F3N4O2.C2H6/c1-3-4-18(23)26-20(2)11-25-27-10-14(16(28)8-17(20)27)19(29)24-9-12-5-6-13(21)7-15(12)22;1-2/h5-8,10,18,25-26H,3-4,9,11H2,1-2H3,(H,24,29);1-2H3/t18-,20?;/m0./s1. The van der Waals surface area contributed by atoms with Crippen molar-refractivity contribution in [3.05, 3.63) is 69.1 Å². The number of pyridine rings is 1. The third-order valence-electron chi connectivity index (χ3n) is 4.94. The zero-order chi connectivity index (χ0) is 23.2. The molecule has 31 heavy (non-hydrogen) atoms. The van der Waals surface area contributed by atoms with Crippen LogP contribution in [0.4, 0.5) is 13.2 Å². The Labute approximate surface area is 179 Å². The second-order valence-corrected chi connectivity index (χ2v) is 7.29. The molecule has 6 nitrogen and oxygen atoms in total. The Morgan fingerprint density at radius 2 is 2.00 bits per heavy atom. The van der Waals surface area contributed by atoms with Crippen molar-refractivity contribution in [1.82, 2.24) is 15.3 Å². The summed E-state index contributed by atoms with van der Waals surface area (Å²) in [5.74, 6) is -2.19. The summed E-state index contributed by atoms with van der Waals surface area (Å²) in [5.41, 5.74) is 2.15. The predicted octanol–water partition coefficient (Wildman–Crippen LogP) is 3.54. The molecule has 0 radical (unpaired) electrons. The van der Waals surface area contributed by atoms with Gasteiger partial charge in [-0.05, 0) is 19.4 Å². The Hall–Kier alpha value is -2.81. The van der Waals surface area contributed by atoms with Crippen LogP contribution >= 0.6 is 0 Å². The number of rotatable bonds is 7. The zero-order valence-corrected chi connectivity index (χ0v) is 18.2. The van der Waals surface area contributed by atoms with Gasteiger partial charge in [-0.15, -0.1) is 0 Å². The van der Waals surface area contributed by atoms with Crippen LogP contribution in [-0.4, -0.2) is 23.4 Å². The summed E-state index contributed by atoms with van der Waals surface area (Å²) in [6.45, 7) is 7.80. The molecule has 3 rings (SSSR count). The minimum Gasteiger partial charge on any atom is -0.348 e. The lowest BCUT2D eigenvalue weighted by Gasteiger charge is -2.27. The number of hydrogen-bond acceptors (Lipinski definition) is 4. The molecule has 0 spiro atoms. The smallest absolute Gasteiger partial charge is 0.257 e. The number of benzene rings is 1. The highest BCUT2D eigenvalue weighted by Gasteiger charge is 2.37. The number of carbonyl (C=O) groups excluding carboxylic acids is 1. The van der Waals surface area contributed by atoms with E-state index in [0.29, 0.717) is 25.1 Å². The molecule has 1 aromatic heterocycles. The van der Waals surface area contributed by atoms with Crippen LogP contribution in [0.5, 0.6) is 0 Å². The van der Waals surface area contributed by atoms with Crippen molar-refractivity contribution in [2.75, 3.05) is 12.0 Å². The van der Waals surface area contributed by atoms with E-state index in [1.165, 1.54) is 23.0 Å². The van der Waals surface area contributed by atoms with Gasteiger partial charge in [-0.2, -0.15) is 0 Å². The Kier molecular flexibility index (Phi) is 8.27. The van der Waals surface area contributed by atoms with Crippen molar-refractivity contribution in [3.8, 4) is 0 Å². The van der Waals surface area contributed by atoms with Gasteiger partial charge in [-0.25, -0.2) is 13.2 Å². The van der Waals surface area contributed by atoms with Gasteiger partial charge < -0.3 is 10.7 Å². The van der Waals surface area contributed by atoms with Crippen molar-refractivity contribution in [2.45, 2.75) is 58.9 Å². The summed E-state index contributed by atoms with van der Waals surface area (Å²) in [4.78, 5) is 24.9.